The number of benzene rings is 4. The maximum Gasteiger partial charge on any atom is 0.264 e. The minimum Gasteiger partial charge on any atom is -0.496 e. The van der Waals surface area contributed by atoms with Crippen molar-refractivity contribution in [2.75, 3.05) is 45.1 Å². The van der Waals surface area contributed by atoms with Crippen molar-refractivity contribution in [3.63, 3.8) is 0 Å². The van der Waals surface area contributed by atoms with E-state index in [1.54, 1.807) is 31.4 Å². The Hall–Kier alpha value is -3.88. The Morgan fingerprint density at radius 2 is 1.54 bits per heavy atom. The van der Waals surface area contributed by atoms with Crippen molar-refractivity contribution in [1.29, 1.82) is 0 Å². The van der Waals surface area contributed by atoms with E-state index in [4.69, 9.17) is 4.74 Å². The molecule has 8 heteroatoms. The predicted molar refractivity (Wildman–Crippen MR) is 155 cm³/mol. The van der Waals surface area contributed by atoms with Crippen molar-refractivity contribution in [2.24, 2.45) is 0 Å². The highest BCUT2D eigenvalue weighted by atomic mass is 32.2. The van der Waals surface area contributed by atoms with Crippen molar-refractivity contribution in [1.82, 2.24) is 9.80 Å². The van der Waals surface area contributed by atoms with Crippen LogP contribution in [-0.4, -0.2) is 65.0 Å². The monoisotopic (exact) mass is 543 g/mol. The zero-order valence-electron chi connectivity index (χ0n) is 22.4. The van der Waals surface area contributed by atoms with E-state index in [9.17, 15) is 13.2 Å². The molecule has 7 nitrogen and oxygen atoms in total. The summed E-state index contributed by atoms with van der Waals surface area (Å²) in [5.41, 5.74) is 2.31. The first-order chi connectivity index (χ1) is 18.8. The fourth-order valence-electron chi connectivity index (χ4n) is 5.19. The van der Waals surface area contributed by atoms with Crippen LogP contribution in [0.25, 0.3) is 10.8 Å². The van der Waals surface area contributed by atoms with Gasteiger partial charge in [-0.25, -0.2) is 8.42 Å². The molecule has 0 saturated heterocycles. The third-order valence-electron chi connectivity index (χ3n) is 7.20. The first-order valence-corrected chi connectivity index (χ1v) is 14.4. The highest BCUT2D eigenvalue weighted by molar-refractivity contribution is 7.93. The molecule has 5 rings (SSSR count). The maximum atomic E-state index is 14.2. The molecule has 0 saturated carbocycles. The molecule has 0 fully saturated rings. The topological polar surface area (TPSA) is 70.2 Å². The molecule has 1 aliphatic heterocycles. The number of hydrogen-bond donors (Lipinski definition) is 0. The van der Waals surface area contributed by atoms with Crippen LogP contribution < -0.4 is 9.04 Å². The summed E-state index contributed by atoms with van der Waals surface area (Å²) in [5, 5.41) is 1.31. The molecule has 4 aromatic carbocycles. The molecule has 0 spiro atoms. The van der Waals surface area contributed by atoms with Crippen LogP contribution in [0.3, 0.4) is 0 Å². The van der Waals surface area contributed by atoms with Crippen molar-refractivity contribution in [3.8, 4) is 5.75 Å². The van der Waals surface area contributed by atoms with Gasteiger partial charge in [-0.15, -0.1) is 0 Å². The summed E-state index contributed by atoms with van der Waals surface area (Å²) in [5.74, 6) is -0.0753. The summed E-state index contributed by atoms with van der Waals surface area (Å²) < 4.78 is 35.3. The van der Waals surface area contributed by atoms with E-state index in [-0.39, 0.29) is 17.3 Å². The van der Waals surface area contributed by atoms with Gasteiger partial charge in [-0.05, 0) is 43.4 Å². The van der Waals surface area contributed by atoms with Gasteiger partial charge in [0.2, 0.25) is 5.91 Å². The van der Waals surface area contributed by atoms with Crippen LogP contribution in [0, 0.1) is 0 Å². The van der Waals surface area contributed by atoms with Gasteiger partial charge in [-0.2, -0.15) is 0 Å². The summed E-state index contributed by atoms with van der Waals surface area (Å²) in [6, 6.07) is 27.8. The van der Waals surface area contributed by atoms with E-state index in [2.05, 4.69) is 0 Å². The lowest BCUT2D eigenvalue weighted by Crippen LogP contribution is -2.41. The molecule has 0 aliphatic carbocycles. The molecule has 4 aromatic rings. The first kappa shape index (κ1) is 26.7. The molecule has 1 atom stereocenters. The van der Waals surface area contributed by atoms with Gasteiger partial charge in [0.25, 0.3) is 10.0 Å². The Morgan fingerprint density at radius 3 is 2.26 bits per heavy atom. The van der Waals surface area contributed by atoms with Crippen LogP contribution in [0.1, 0.15) is 17.0 Å². The van der Waals surface area contributed by atoms with Gasteiger partial charge in [0.1, 0.15) is 5.75 Å². The number of amides is 1. The van der Waals surface area contributed by atoms with E-state index in [0.717, 1.165) is 16.5 Å². The lowest BCUT2D eigenvalue weighted by atomic mass is 9.99. The number of fused-ring (bicyclic) bond motifs is 2. The third kappa shape index (κ3) is 5.22. The van der Waals surface area contributed by atoms with E-state index in [1.165, 1.54) is 4.31 Å². The van der Waals surface area contributed by atoms with Crippen LogP contribution >= 0.6 is 0 Å². The molecular formula is C31H33N3O4S. The van der Waals surface area contributed by atoms with Gasteiger partial charge in [0, 0.05) is 30.4 Å². The van der Waals surface area contributed by atoms with Crippen molar-refractivity contribution >= 4 is 32.4 Å². The molecule has 1 amide bonds. The number of anilines is 1. The Morgan fingerprint density at radius 1 is 0.872 bits per heavy atom. The zero-order chi connectivity index (χ0) is 27.6. The second-order valence-corrected chi connectivity index (χ2v) is 11.8. The normalized spacial score (nSPS) is 15.0. The fraction of sp³-hybridized carbons (Fsp3) is 0.258. The van der Waals surface area contributed by atoms with Crippen LogP contribution in [0.2, 0.25) is 0 Å². The van der Waals surface area contributed by atoms with Gasteiger partial charge < -0.3 is 14.5 Å². The highest BCUT2D eigenvalue weighted by Gasteiger charge is 2.41. The average Bonchev–Trinajstić information content (AvgIpc) is 3.35. The zero-order valence-corrected chi connectivity index (χ0v) is 23.3. The Balaban J connectivity index is 1.52. The number of carbonyl (C=O) groups excluding carboxylic acids is 1. The van der Waals surface area contributed by atoms with Crippen molar-refractivity contribution < 1.29 is 17.9 Å². The Kier molecular flexibility index (Phi) is 7.59. The second kappa shape index (κ2) is 11.1. The van der Waals surface area contributed by atoms with Gasteiger partial charge in [-0.1, -0.05) is 72.8 Å². The number of carbonyl (C=O) groups is 1. The van der Waals surface area contributed by atoms with Gasteiger partial charge in [0.15, 0.2) is 0 Å². The number of para-hydroxylation sites is 1. The largest absolute Gasteiger partial charge is 0.496 e. The smallest absolute Gasteiger partial charge is 0.264 e. The quantitative estimate of drug-likeness (QED) is 0.305. The van der Waals surface area contributed by atoms with E-state index in [0.29, 0.717) is 36.5 Å². The number of methoxy groups -OCH3 is 1. The van der Waals surface area contributed by atoms with E-state index in [1.807, 2.05) is 90.6 Å². The first-order valence-electron chi connectivity index (χ1n) is 13.0. The number of sulfonamides is 1. The van der Waals surface area contributed by atoms with Gasteiger partial charge in [0.05, 0.1) is 30.2 Å². The SMILES string of the molecule is COc1ccc(S(=O)(=O)N2CC(C(=O)N(CCN(C)C)Cc3ccccc3)c3ccccc32)c2ccccc12. The van der Waals surface area contributed by atoms with Crippen LogP contribution in [0.5, 0.6) is 5.75 Å². The number of ether oxygens (including phenoxy) is 1. The molecule has 1 aliphatic rings. The van der Waals surface area contributed by atoms with Gasteiger partial charge >= 0.3 is 0 Å². The molecule has 39 heavy (non-hydrogen) atoms. The number of nitrogens with zero attached hydrogens (tertiary/aromatic N) is 3. The Labute approximate surface area is 230 Å². The molecular weight excluding hydrogens is 510 g/mol. The van der Waals surface area contributed by atoms with Crippen molar-refractivity contribution in [2.45, 2.75) is 17.4 Å². The minimum absolute atomic E-state index is 0.0497. The summed E-state index contributed by atoms with van der Waals surface area (Å²) >= 11 is 0. The van der Waals surface area contributed by atoms with E-state index >= 15 is 0 Å². The predicted octanol–water partition coefficient (Wildman–Crippen LogP) is 4.73. The molecule has 0 aromatic heterocycles. The highest BCUT2D eigenvalue weighted by Crippen LogP contribution is 2.42. The maximum absolute atomic E-state index is 14.2. The summed E-state index contributed by atoms with van der Waals surface area (Å²) in [4.78, 5) is 18.2. The summed E-state index contributed by atoms with van der Waals surface area (Å²) in [6.45, 7) is 1.75. The lowest BCUT2D eigenvalue weighted by Gasteiger charge is -2.28. The molecule has 0 N–H and O–H groups in total. The molecule has 0 radical (unpaired) electrons. The standard InChI is InChI=1S/C31H33N3O4S/c1-32(2)19-20-33(21-23-11-5-4-6-12-23)31(35)27-22-34(28-16-10-9-13-24(27)28)39(36,37)30-18-17-29(38-3)25-14-7-8-15-26(25)30/h4-18,27H,19-22H2,1-3H3. The molecule has 0 bridgehead atoms. The summed E-state index contributed by atoms with van der Waals surface area (Å²) in [7, 11) is 1.54. The Bertz CT molecular complexity index is 1590. The van der Waals surface area contributed by atoms with E-state index < -0.39 is 15.9 Å². The second-order valence-electron chi connectivity index (χ2n) is 10.0. The third-order valence-corrected chi connectivity index (χ3v) is 9.04. The van der Waals surface area contributed by atoms with Crippen LogP contribution in [-0.2, 0) is 21.4 Å². The molecule has 1 heterocycles. The minimum atomic E-state index is -3.98. The average molecular weight is 544 g/mol. The number of rotatable bonds is 9. The number of likely N-dealkylation sites (N-methyl/N-ethyl adjacent to an activating group) is 1. The van der Waals surface area contributed by atoms with Crippen LogP contribution in [0.15, 0.2) is 95.9 Å². The summed E-state index contributed by atoms with van der Waals surface area (Å²) in [6.07, 6.45) is 0. The van der Waals surface area contributed by atoms with Gasteiger partial charge in [-0.3, -0.25) is 9.10 Å². The fourth-order valence-corrected chi connectivity index (χ4v) is 6.89. The lowest BCUT2D eigenvalue weighted by molar-refractivity contribution is -0.133. The molecule has 1 unspecified atom stereocenters. The number of hydrogen-bond acceptors (Lipinski definition) is 5. The van der Waals surface area contributed by atoms with Crippen LogP contribution in [0.4, 0.5) is 5.69 Å². The molecule has 202 valence electrons. The van der Waals surface area contributed by atoms with Crippen molar-refractivity contribution in [3.05, 3.63) is 102 Å².